The highest BCUT2D eigenvalue weighted by molar-refractivity contribution is 5.96. The molecular weight excluding hydrogens is 328 g/mol. The number of rotatable bonds is 2. The molecule has 1 aliphatic rings. The summed E-state index contributed by atoms with van der Waals surface area (Å²) in [6.07, 6.45) is 2.62. The summed E-state index contributed by atoms with van der Waals surface area (Å²) in [5.74, 6) is 0.724. The van der Waals surface area contributed by atoms with Gasteiger partial charge in [-0.05, 0) is 28.6 Å². The minimum absolute atomic E-state index is 0.313. The molecule has 2 heterocycles. The number of pyridine rings is 1. The van der Waals surface area contributed by atoms with Crippen LogP contribution in [0.3, 0.4) is 0 Å². The van der Waals surface area contributed by atoms with E-state index in [-0.39, 0.29) is 11.5 Å². The SMILES string of the molecule is CC1(C)COc2cc(-c3cccc4ccncc34)ccc2C1NC(=O)O. The highest BCUT2D eigenvalue weighted by Gasteiger charge is 2.38. The van der Waals surface area contributed by atoms with Crippen molar-refractivity contribution < 1.29 is 14.6 Å². The molecule has 1 aromatic heterocycles. The van der Waals surface area contributed by atoms with Crippen molar-refractivity contribution in [2.24, 2.45) is 5.41 Å². The fourth-order valence-corrected chi connectivity index (χ4v) is 3.60. The predicted octanol–water partition coefficient (Wildman–Crippen LogP) is 4.63. The summed E-state index contributed by atoms with van der Waals surface area (Å²) < 4.78 is 5.98. The molecule has 3 aromatic rings. The number of hydrogen-bond acceptors (Lipinski definition) is 3. The van der Waals surface area contributed by atoms with E-state index in [1.165, 1.54) is 0 Å². The second kappa shape index (κ2) is 6.02. The van der Waals surface area contributed by atoms with Crippen LogP contribution in [0, 0.1) is 5.41 Å². The van der Waals surface area contributed by atoms with Crippen LogP contribution < -0.4 is 10.1 Å². The average Bonchev–Trinajstić information content (AvgIpc) is 2.63. The van der Waals surface area contributed by atoms with Crippen LogP contribution in [0.15, 0.2) is 54.9 Å². The number of nitrogens with one attached hydrogen (secondary N) is 1. The zero-order valence-corrected chi connectivity index (χ0v) is 14.7. The Morgan fingerprint density at radius 1 is 1.27 bits per heavy atom. The number of carboxylic acid groups (broad SMARTS) is 1. The van der Waals surface area contributed by atoms with Gasteiger partial charge < -0.3 is 15.2 Å². The van der Waals surface area contributed by atoms with E-state index in [0.29, 0.717) is 6.61 Å². The maximum Gasteiger partial charge on any atom is 0.405 e. The van der Waals surface area contributed by atoms with Crippen molar-refractivity contribution in [3.63, 3.8) is 0 Å². The predicted molar refractivity (Wildman–Crippen MR) is 100 cm³/mol. The number of fused-ring (bicyclic) bond motifs is 2. The standard InChI is InChI=1S/C21H20N2O3/c1-21(2)12-26-18-10-14(6-7-16(18)19(21)23-20(24)25)15-5-3-4-13-8-9-22-11-17(13)15/h3-11,19,23H,12H2,1-2H3,(H,24,25). The Morgan fingerprint density at radius 3 is 2.92 bits per heavy atom. The molecule has 26 heavy (non-hydrogen) atoms. The van der Waals surface area contributed by atoms with Gasteiger partial charge >= 0.3 is 6.09 Å². The van der Waals surface area contributed by atoms with Crippen molar-refractivity contribution in [3.8, 4) is 16.9 Å². The van der Waals surface area contributed by atoms with Crippen LogP contribution in [0.5, 0.6) is 5.75 Å². The van der Waals surface area contributed by atoms with Gasteiger partial charge in [0.05, 0.1) is 12.6 Å². The molecule has 5 nitrogen and oxygen atoms in total. The summed E-state index contributed by atoms with van der Waals surface area (Å²) in [5.41, 5.74) is 2.65. The van der Waals surface area contributed by atoms with Crippen LogP contribution >= 0.6 is 0 Å². The van der Waals surface area contributed by atoms with E-state index in [1.807, 2.05) is 50.4 Å². The Balaban J connectivity index is 1.82. The first-order chi connectivity index (χ1) is 12.5. The number of carbonyl (C=O) groups is 1. The van der Waals surface area contributed by atoms with Crippen LogP contribution in [0.25, 0.3) is 21.9 Å². The monoisotopic (exact) mass is 348 g/mol. The summed E-state index contributed by atoms with van der Waals surface area (Å²) in [7, 11) is 0. The molecule has 1 atom stereocenters. The molecule has 0 bridgehead atoms. The first-order valence-corrected chi connectivity index (χ1v) is 8.55. The number of nitrogens with zero attached hydrogens (tertiary/aromatic N) is 1. The lowest BCUT2D eigenvalue weighted by atomic mass is 9.78. The fourth-order valence-electron chi connectivity index (χ4n) is 3.60. The number of benzene rings is 2. The normalized spacial score (nSPS) is 18.0. The van der Waals surface area contributed by atoms with Crippen LogP contribution in [-0.2, 0) is 0 Å². The highest BCUT2D eigenvalue weighted by Crippen LogP contribution is 2.44. The molecular formula is C21H20N2O3. The zero-order chi connectivity index (χ0) is 18.3. The lowest BCUT2D eigenvalue weighted by Crippen LogP contribution is -2.43. The van der Waals surface area contributed by atoms with Gasteiger partial charge in [0.25, 0.3) is 0 Å². The van der Waals surface area contributed by atoms with E-state index in [2.05, 4.69) is 22.4 Å². The molecule has 2 aromatic carbocycles. The lowest BCUT2D eigenvalue weighted by Gasteiger charge is -2.39. The van der Waals surface area contributed by atoms with Gasteiger partial charge in [-0.3, -0.25) is 4.98 Å². The number of ether oxygens (including phenoxy) is 1. The summed E-state index contributed by atoms with van der Waals surface area (Å²) in [4.78, 5) is 15.5. The maximum absolute atomic E-state index is 11.2. The molecule has 0 spiro atoms. The van der Waals surface area contributed by atoms with Crippen LogP contribution in [0.2, 0.25) is 0 Å². The Morgan fingerprint density at radius 2 is 2.12 bits per heavy atom. The van der Waals surface area contributed by atoms with E-state index in [1.54, 1.807) is 6.20 Å². The molecule has 0 saturated carbocycles. The third-order valence-corrected chi connectivity index (χ3v) is 4.97. The molecule has 2 N–H and O–H groups in total. The highest BCUT2D eigenvalue weighted by atomic mass is 16.5. The van der Waals surface area contributed by atoms with Crippen molar-refractivity contribution in [2.75, 3.05) is 6.61 Å². The zero-order valence-electron chi connectivity index (χ0n) is 14.7. The molecule has 5 heteroatoms. The summed E-state index contributed by atoms with van der Waals surface area (Å²) in [6.45, 7) is 4.45. The van der Waals surface area contributed by atoms with Crippen LogP contribution in [-0.4, -0.2) is 22.8 Å². The van der Waals surface area contributed by atoms with Crippen molar-refractivity contribution in [2.45, 2.75) is 19.9 Å². The molecule has 0 fully saturated rings. The Bertz CT molecular complexity index is 992. The average molecular weight is 348 g/mol. The molecule has 4 rings (SSSR count). The van der Waals surface area contributed by atoms with Crippen molar-refractivity contribution in [3.05, 3.63) is 60.4 Å². The van der Waals surface area contributed by atoms with Gasteiger partial charge in [0.15, 0.2) is 0 Å². The van der Waals surface area contributed by atoms with E-state index < -0.39 is 6.09 Å². The topological polar surface area (TPSA) is 71.5 Å². The fraction of sp³-hybridized carbons (Fsp3) is 0.238. The second-order valence-corrected chi connectivity index (χ2v) is 7.31. The third-order valence-electron chi connectivity index (χ3n) is 4.97. The molecule has 1 aliphatic heterocycles. The van der Waals surface area contributed by atoms with Gasteiger partial charge in [-0.1, -0.05) is 44.2 Å². The Hall–Kier alpha value is -3.08. The molecule has 0 radical (unpaired) electrons. The number of amides is 1. The molecule has 1 unspecified atom stereocenters. The van der Waals surface area contributed by atoms with Crippen molar-refractivity contribution in [1.29, 1.82) is 0 Å². The van der Waals surface area contributed by atoms with Gasteiger partial charge in [-0.2, -0.15) is 0 Å². The quantitative estimate of drug-likeness (QED) is 0.708. The first kappa shape index (κ1) is 16.4. The van der Waals surface area contributed by atoms with Crippen LogP contribution in [0.1, 0.15) is 25.5 Å². The Kier molecular flexibility index (Phi) is 3.80. The van der Waals surface area contributed by atoms with Crippen molar-refractivity contribution >= 4 is 16.9 Å². The Labute approximate surface area is 151 Å². The number of hydrogen-bond donors (Lipinski definition) is 2. The van der Waals surface area contributed by atoms with E-state index in [9.17, 15) is 9.90 Å². The largest absolute Gasteiger partial charge is 0.493 e. The van der Waals surface area contributed by atoms with Gasteiger partial charge in [0.1, 0.15) is 5.75 Å². The van der Waals surface area contributed by atoms with Gasteiger partial charge in [-0.25, -0.2) is 4.79 Å². The summed E-state index contributed by atoms with van der Waals surface area (Å²) >= 11 is 0. The lowest BCUT2D eigenvalue weighted by molar-refractivity contribution is 0.0996. The second-order valence-electron chi connectivity index (χ2n) is 7.31. The maximum atomic E-state index is 11.2. The van der Waals surface area contributed by atoms with Gasteiger partial charge in [0, 0.05) is 28.8 Å². The van der Waals surface area contributed by atoms with Gasteiger partial charge in [0.2, 0.25) is 0 Å². The van der Waals surface area contributed by atoms with Crippen LogP contribution in [0.4, 0.5) is 4.79 Å². The van der Waals surface area contributed by atoms with E-state index in [4.69, 9.17) is 4.74 Å². The third kappa shape index (κ3) is 2.75. The van der Waals surface area contributed by atoms with Gasteiger partial charge in [-0.15, -0.1) is 0 Å². The number of aromatic nitrogens is 1. The first-order valence-electron chi connectivity index (χ1n) is 8.55. The minimum Gasteiger partial charge on any atom is -0.493 e. The molecule has 1 amide bonds. The molecule has 132 valence electrons. The smallest absolute Gasteiger partial charge is 0.405 e. The molecule has 0 saturated heterocycles. The summed E-state index contributed by atoms with van der Waals surface area (Å²) in [6, 6.07) is 13.8. The molecule has 0 aliphatic carbocycles. The van der Waals surface area contributed by atoms with E-state index in [0.717, 1.165) is 33.2 Å². The summed E-state index contributed by atoms with van der Waals surface area (Å²) in [5, 5.41) is 14.1. The van der Waals surface area contributed by atoms with Crippen molar-refractivity contribution in [1.82, 2.24) is 10.3 Å². The minimum atomic E-state index is -1.03. The van der Waals surface area contributed by atoms with E-state index >= 15 is 0 Å².